The van der Waals surface area contributed by atoms with E-state index in [2.05, 4.69) is 6.92 Å². The van der Waals surface area contributed by atoms with Crippen LogP contribution in [-0.2, 0) is 4.74 Å². The van der Waals surface area contributed by atoms with Gasteiger partial charge in [-0.25, -0.2) is 0 Å². The van der Waals surface area contributed by atoms with Gasteiger partial charge in [-0.05, 0) is 25.8 Å². The summed E-state index contributed by atoms with van der Waals surface area (Å²) in [6, 6.07) is 7.71. The molecule has 0 amide bonds. The van der Waals surface area contributed by atoms with Crippen molar-refractivity contribution in [3.8, 4) is 5.75 Å². The lowest BCUT2D eigenvalue weighted by Gasteiger charge is -2.32. The zero-order valence-corrected chi connectivity index (χ0v) is 10.0. The van der Waals surface area contributed by atoms with Crippen LogP contribution in [0.1, 0.15) is 37.9 Å². The third-order valence-electron chi connectivity index (χ3n) is 3.69. The molecule has 17 heavy (non-hydrogen) atoms. The van der Waals surface area contributed by atoms with E-state index >= 15 is 0 Å². The molecular weight excluding hydrogens is 216 g/mol. The Kier molecular flexibility index (Phi) is 2.81. The Hall–Kier alpha value is -1.06. The molecule has 2 heterocycles. The molecule has 0 spiro atoms. The smallest absolute Gasteiger partial charge is 0.128 e. The maximum atomic E-state index is 10.1. The third kappa shape index (κ3) is 2.05. The monoisotopic (exact) mass is 234 g/mol. The molecule has 3 heteroatoms. The zero-order valence-electron chi connectivity index (χ0n) is 10.0. The molecule has 0 saturated carbocycles. The van der Waals surface area contributed by atoms with Crippen molar-refractivity contribution in [2.24, 2.45) is 0 Å². The Morgan fingerprint density at radius 2 is 2.00 bits per heavy atom. The van der Waals surface area contributed by atoms with Gasteiger partial charge >= 0.3 is 0 Å². The van der Waals surface area contributed by atoms with Gasteiger partial charge in [-0.3, -0.25) is 0 Å². The van der Waals surface area contributed by atoms with Gasteiger partial charge in [0.25, 0.3) is 0 Å². The molecule has 4 atom stereocenters. The fourth-order valence-corrected chi connectivity index (χ4v) is 2.76. The number of para-hydroxylation sites is 1. The van der Waals surface area contributed by atoms with Crippen molar-refractivity contribution in [2.45, 2.75) is 50.6 Å². The number of hydrogen-bond acceptors (Lipinski definition) is 3. The first kappa shape index (κ1) is 11.1. The molecule has 1 N–H and O–H groups in total. The van der Waals surface area contributed by atoms with E-state index in [1.54, 1.807) is 0 Å². The number of aliphatic hydroxyl groups is 1. The molecule has 2 aliphatic rings. The van der Waals surface area contributed by atoms with Gasteiger partial charge in [0.05, 0.1) is 18.3 Å². The standard InChI is InChI=1S/C14H18O3/c1-9-6-7-13(16-9)14-8-11(15)10-4-2-3-5-12(10)17-14/h2-5,9,11,13-15H,6-8H2,1H3. The number of hydrogen-bond donors (Lipinski definition) is 1. The van der Waals surface area contributed by atoms with Crippen LogP contribution in [0.3, 0.4) is 0 Å². The van der Waals surface area contributed by atoms with Crippen LogP contribution in [0.25, 0.3) is 0 Å². The fourth-order valence-electron chi connectivity index (χ4n) is 2.76. The van der Waals surface area contributed by atoms with E-state index < -0.39 is 6.10 Å². The van der Waals surface area contributed by atoms with Gasteiger partial charge in [0.1, 0.15) is 11.9 Å². The molecule has 0 aromatic heterocycles. The summed E-state index contributed by atoms with van der Waals surface area (Å²) in [4.78, 5) is 0. The summed E-state index contributed by atoms with van der Waals surface area (Å²) in [7, 11) is 0. The van der Waals surface area contributed by atoms with Crippen LogP contribution in [0.2, 0.25) is 0 Å². The molecule has 0 aliphatic carbocycles. The van der Waals surface area contributed by atoms with Crippen LogP contribution in [0, 0.1) is 0 Å². The molecule has 0 bridgehead atoms. The maximum absolute atomic E-state index is 10.1. The second kappa shape index (κ2) is 4.31. The molecule has 4 unspecified atom stereocenters. The second-order valence-electron chi connectivity index (χ2n) is 5.01. The minimum Gasteiger partial charge on any atom is -0.487 e. The highest BCUT2D eigenvalue weighted by atomic mass is 16.6. The normalized spacial score (nSPS) is 36.4. The van der Waals surface area contributed by atoms with E-state index in [4.69, 9.17) is 9.47 Å². The van der Waals surface area contributed by atoms with Crippen LogP contribution < -0.4 is 4.74 Å². The first-order valence-corrected chi connectivity index (χ1v) is 6.33. The highest BCUT2D eigenvalue weighted by Gasteiger charge is 2.36. The Balaban J connectivity index is 1.79. The predicted molar refractivity (Wildman–Crippen MR) is 64.0 cm³/mol. The number of rotatable bonds is 1. The minimum absolute atomic E-state index is 0.00940. The van der Waals surface area contributed by atoms with Crippen LogP contribution in [0.4, 0.5) is 0 Å². The molecular formula is C14H18O3. The van der Waals surface area contributed by atoms with E-state index in [0.29, 0.717) is 12.5 Å². The molecule has 2 aliphatic heterocycles. The lowest BCUT2D eigenvalue weighted by molar-refractivity contribution is -0.0465. The average Bonchev–Trinajstić information content (AvgIpc) is 2.76. The molecule has 1 aromatic rings. The summed E-state index contributed by atoms with van der Waals surface area (Å²) in [6.07, 6.45) is 2.76. The number of ether oxygens (including phenoxy) is 2. The van der Waals surface area contributed by atoms with Gasteiger partial charge in [-0.2, -0.15) is 0 Å². The van der Waals surface area contributed by atoms with Gasteiger partial charge in [0.2, 0.25) is 0 Å². The summed E-state index contributed by atoms with van der Waals surface area (Å²) in [5.41, 5.74) is 0.898. The van der Waals surface area contributed by atoms with Crippen molar-refractivity contribution >= 4 is 0 Å². The maximum Gasteiger partial charge on any atom is 0.128 e. The largest absolute Gasteiger partial charge is 0.487 e. The number of fused-ring (bicyclic) bond motifs is 1. The van der Waals surface area contributed by atoms with Gasteiger partial charge in [-0.1, -0.05) is 18.2 Å². The van der Waals surface area contributed by atoms with Gasteiger partial charge in [0.15, 0.2) is 0 Å². The Labute approximate surface area is 101 Å². The highest BCUT2D eigenvalue weighted by molar-refractivity contribution is 5.37. The molecule has 3 nitrogen and oxygen atoms in total. The molecule has 1 saturated heterocycles. The van der Waals surface area contributed by atoms with Crippen molar-refractivity contribution in [1.29, 1.82) is 0 Å². The van der Waals surface area contributed by atoms with Crippen LogP contribution in [0.5, 0.6) is 5.75 Å². The summed E-state index contributed by atoms with van der Waals surface area (Å²) in [5.74, 6) is 0.805. The highest BCUT2D eigenvalue weighted by Crippen LogP contribution is 2.38. The summed E-state index contributed by atoms with van der Waals surface area (Å²) in [5, 5.41) is 10.1. The first-order valence-electron chi connectivity index (χ1n) is 6.33. The molecule has 3 rings (SSSR count). The zero-order chi connectivity index (χ0) is 11.8. The van der Waals surface area contributed by atoms with Crippen LogP contribution in [-0.4, -0.2) is 23.4 Å². The van der Waals surface area contributed by atoms with Gasteiger partial charge < -0.3 is 14.6 Å². The van der Waals surface area contributed by atoms with E-state index in [1.165, 1.54) is 0 Å². The third-order valence-corrected chi connectivity index (χ3v) is 3.69. The number of benzene rings is 1. The van der Waals surface area contributed by atoms with Gasteiger partial charge in [-0.15, -0.1) is 0 Å². The topological polar surface area (TPSA) is 38.7 Å². The molecule has 92 valence electrons. The lowest BCUT2D eigenvalue weighted by atomic mass is 9.95. The SMILES string of the molecule is CC1CCC(C2CC(O)c3ccccc3O2)O1. The minimum atomic E-state index is -0.426. The second-order valence-corrected chi connectivity index (χ2v) is 5.01. The van der Waals surface area contributed by atoms with Crippen molar-refractivity contribution < 1.29 is 14.6 Å². The molecule has 0 radical (unpaired) electrons. The predicted octanol–water partition coefficient (Wildman–Crippen LogP) is 2.44. The van der Waals surface area contributed by atoms with E-state index in [9.17, 15) is 5.11 Å². The molecule has 1 fully saturated rings. The summed E-state index contributed by atoms with van der Waals surface area (Å²) in [6.45, 7) is 2.09. The van der Waals surface area contributed by atoms with Crippen molar-refractivity contribution in [3.63, 3.8) is 0 Å². The lowest BCUT2D eigenvalue weighted by Crippen LogP contribution is -2.36. The van der Waals surface area contributed by atoms with Crippen molar-refractivity contribution in [3.05, 3.63) is 29.8 Å². The van der Waals surface area contributed by atoms with E-state index in [-0.39, 0.29) is 12.2 Å². The Bertz CT molecular complexity index is 404. The van der Waals surface area contributed by atoms with E-state index in [0.717, 1.165) is 24.2 Å². The Morgan fingerprint density at radius 3 is 2.76 bits per heavy atom. The van der Waals surface area contributed by atoms with Crippen molar-refractivity contribution in [1.82, 2.24) is 0 Å². The fraction of sp³-hybridized carbons (Fsp3) is 0.571. The van der Waals surface area contributed by atoms with Gasteiger partial charge in [0, 0.05) is 12.0 Å². The molecule has 1 aromatic carbocycles. The average molecular weight is 234 g/mol. The number of aliphatic hydroxyl groups excluding tert-OH is 1. The van der Waals surface area contributed by atoms with Crippen LogP contribution >= 0.6 is 0 Å². The van der Waals surface area contributed by atoms with Crippen molar-refractivity contribution in [2.75, 3.05) is 0 Å². The first-order chi connectivity index (χ1) is 8.24. The summed E-state index contributed by atoms with van der Waals surface area (Å²) >= 11 is 0. The van der Waals surface area contributed by atoms with E-state index in [1.807, 2.05) is 24.3 Å². The van der Waals surface area contributed by atoms with Crippen LogP contribution in [0.15, 0.2) is 24.3 Å². The Morgan fingerprint density at radius 1 is 1.18 bits per heavy atom. The quantitative estimate of drug-likeness (QED) is 0.811. The summed E-state index contributed by atoms with van der Waals surface area (Å²) < 4.78 is 11.8.